The van der Waals surface area contributed by atoms with Gasteiger partial charge in [-0.2, -0.15) is 13.2 Å². The maximum Gasteiger partial charge on any atom is 0.416 e. The molecule has 1 aromatic heterocycles. The average Bonchev–Trinajstić information content (AvgIpc) is 2.43. The number of anilines is 2. The highest BCUT2D eigenvalue weighted by Gasteiger charge is 2.36. The normalized spacial score (nSPS) is 16.7. The number of alkyl halides is 3. The molecule has 0 fully saturated rings. The van der Waals surface area contributed by atoms with Crippen molar-refractivity contribution in [1.29, 1.82) is 0 Å². The molecule has 1 aliphatic rings. The Morgan fingerprint density at radius 2 is 1.96 bits per heavy atom. The number of pyridine rings is 1. The fourth-order valence-corrected chi connectivity index (χ4v) is 2.75. The van der Waals surface area contributed by atoms with E-state index in [1.807, 2.05) is 18.7 Å². The van der Waals surface area contributed by atoms with Crippen LogP contribution in [0.1, 0.15) is 19.4 Å². The van der Waals surface area contributed by atoms with Crippen molar-refractivity contribution in [2.24, 2.45) is 0 Å². The number of ether oxygens (including phenoxy) is 1. The SMILES string of the molecule is CC1(C)CN(c2ccnc(Cl)c2)c2ccc(C(F)(F)F)cc2O1. The first-order chi connectivity index (χ1) is 10.7. The molecule has 3 nitrogen and oxygen atoms in total. The van der Waals surface area contributed by atoms with Gasteiger partial charge in [0.25, 0.3) is 0 Å². The lowest BCUT2D eigenvalue weighted by Crippen LogP contribution is -2.45. The van der Waals surface area contributed by atoms with E-state index in [0.717, 1.165) is 17.8 Å². The fourth-order valence-electron chi connectivity index (χ4n) is 2.58. The third-order valence-corrected chi connectivity index (χ3v) is 3.73. The number of hydrogen-bond acceptors (Lipinski definition) is 3. The van der Waals surface area contributed by atoms with Crippen LogP contribution in [0.3, 0.4) is 0 Å². The highest BCUT2D eigenvalue weighted by atomic mass is 35.5. The second-order valence-electron chi connectivity index (χ2n) is 5.96. The van der Waals surface area contributed by atoms with E-state index < -0.39 is 17.3 Å². The van der Waals surface area contributed by atoms with Crippen molar-refractivity contribution >= 4 is 23.0 Å². The number of hydrogen-bond donors (Lipinski definition) is 0. The molecule has 0 spiro atoms. The quantitative estimate of drug-likeness (QED) is 0.677. The summed E-state index contributed by atoms with van der Waals surface area (Å²) in [5, 5.41) is 0.320. The van der Waals surface area contributed by atoms with Gasteiger partial charge in [-0.1, -0.05) is 11.6 Å². The Hall–Kier alpha value is -1.95. The summed E-state index contributed by atoms with van der Waals surface area (Å²) >= 11 is 5.93. The van der Waals surface area contributed by atoms with E-state index in [2.05, 4.69) is 4.98 Å². The predicted molar refractivity (Wildman–Crippen MR) is 82.4 cm³/mol. The zero-order valence-corrected chi connectivity index (χ0v) is 13.2. The standard InChI is InChI=1S/C16H14ClF3N2O/c1-15(2)9-22(11-5-6-21-14(17)8-11)12-4-3-10(16(18,19)20)7-13(12)23-15/h3-8H,9H2,1-2H3. The van der Waals surface area contributed by atoms with Gasteiger partial charge in [-0.25, -0.2) is 4.98 Å². The molecule has 7 heteroatoms. The van der Waals surface area contributed by atoms with Gasteiger partial charge < -0.3 is 9.64 Å². The summed E-state index contributed by atoms with van der Waals surface area (Å²) in [6, 6.07) is 6.93. The molecule has 0 bridgehead atoms. The van der Waals surface area contributed by atoms with Crippen LogP contribution < -0.4 is 9.64 Å². The van der Waals surface area contributed by atoms with Crippen LogP contribution in [0.4, 0.5) is 24.5 Å². The molecule has 2 aromatic rings. The van der Waals surface area contributed by atoms with Crippen molar-refractivity contribution in [2.75, 3.05) is 11.4 Å². The van der Waals surface area contributed by atoms with Gasteiger partial charge in [0.15, 0.2) is 0 Å². The summed E-state index contributed by atoms with van der Waals surface area (Å²) in [5.74, 6) is 0.198. The Balaban J connectivity index is 2.11. The van der Waals surface area contributed by atoms with Crippen molar-refractivity contribution in [2.45, 2.75) is 25.6 Å². The Morgan fingerprint density at radius 1 is 1.22 bits per heavy atom. The van der Waals surface area contributed by atoms with E-state index in [1.54, 1.807) is 18.3 Å². The molecule has 0 saturated carbocycles. The highest BCUT2D eigenvalue weighted by molar-refractivity contribution is 6.29. The lowest BCUT2D eigenvalue weighted by Gasteiger charge is -2.41. The second kappa shape index (κ2) is 5.30. The minimum atomic E-state index is -4.41. The van der Waals surface area contributed by atoms with Gasteiger partial charge in [-0.15, -0.1) is 0 Å². The van der Waals surface area contributed by atoms with Gasteiger partial charge in [0, 0.05) is 11.9 Å². The molecule has 0 unspecified atom stereocenters. The van der Waals surface area contributed by atoms with Crippen LogP contribution in [0.15, 0.2) is 36.5 Å². The van der Waals surface area contributed by atoms with Crippen LogP contribution in [-0.4, -0.2) is 17.1 Å². The molecule has 0 amide bonds. The summed E-state index contributed by atoms with van der Waals surface area (Å²) in [6.07, 6.45) is -2.85. The highest BCUT2D eigenvalue weighted by Crippen LogP contribution is 2.44. The summed E-state index contributed by atoms with van der Waals surface area (Å²) in [7, 11) is 0. The van der Waals surface area contributed by atoms with E-state index in [0.29, 0.717) is 17.4 Å². The van der Waals surface area contributed by atoms with Gasteiger partial charge in [0.1, 0.15) is 16.5 Å². The number of aromatic nitrogens is 1. The van der Waals surface area contributed by atoms with Gasteiger partial charge >= 0.3 is 6.18 Å². The summed E-state index contributed by atoms with van der Waals surface area (Å²) in [5.41, 5.74) is -0.0592. The van der Waals surface area contributed by atoms with Gasteiger partial charge in [0.2, 0.25) is 0 Å². The van der Waals surface area contributed by atoms with E-state index in [9.17, 15) is 13.2 Å². The zero-order chi connectivity index (χ0) is 16.8. The van der Waals surface area contributed by atoms with Crippen LogP contribution in [0.5, 0.6) is 5.75 Å². The molecule has 3 rings (SSSR count). The van der Waals surface area contributed by atoms with Crippen molar-refractivity contribution in [1.82, 2.24) is 4.98 Å². The Kier molecular flexibility index (Phi) is 3.67. The molecular weight excluding hydrogens is 329 g/mol. The van der Waals surface area contributed by atoms with Gasteiger partial charge in [0.05, 0.1) is 17.8 Å². The molecule has 1 aromatic carbocycles. The molecule has 0 N–H and O–H groups in total. The van der Waals surface area contributed by atoms with Gasteiger partial charge in [-0.3, -0.25) is 0 Å². The maximum absolute atomic E-state index is 12.9. The van der Waals surface area contributed by atoms with Crippen LogP contribution in [-0.2, 0) is 6.18 Å². The van der Waals surface area contributed by atoms with Crippen LogP contribution in [0.2, 0.25) is 5.15 Å². The Labute approximate surface area is 136 Å². The van der Waals surface area contributed by atoms with E-state index in [-0.39, 0.29) is 5.75 Å². The van der Waals surface area contributed by atoms with Crippen molar-refractivity contribution < 1.29 is 17.9 Å². The topological polar surface area (TPSA) is 25.4 Å². The minimum absolute atomic E-state index is 0.198. The van der Waals surface area contributed by atoms with Crippen LogP contribution >= 0.6 is 11.6 Å². The smallest absolute Gasteiger partial charge is 0.416 e. The number of fused-ring (bicyclic) bond motifs is 1. The molecule has 2 heterocycles. The first kappa shape index (κ1) is 15.9. The van der Waals surface area contributed by atoms with E-state index in [4.69, 9.17) is 16.3 Å². The lowest BCUT2D eigenvalue weighted by atomic mass is 10.0. The monoisotopic (exact) mass is 342 g/mol. The third-order valence-electron chi connectivity index (χ3n) is 3.52. The molecule has 23 heavy (non-hydrogen) atoms. The van der Waals surface area contributed by atoms with Crippen molar-refractivity contribution in [3.63, 3.8) is 0 Å². The fraction of sp³-hybridized carbons (Fsp3) is 0.312. The largest absolute Gasteiger partial charge is 0.484 e. The lowest BCUT2D eigenvalue weighted by molar-refractivity contribution is -0.137. The van der Waals surface area contributed by atoms with E-state index in [1.165, 1.54) is 6.07 Å². The number of halogens is 4. The van der Waals surface area contributed by atoms with E-state index >= 15 is 0 Å². The van der Waals surface area contributed by atoms with Gasteiger partial charge in [-0.05, 0) is 44.2 Å². The third kappa shape index (κ3) is 3.22. The number of rotatable bonds is 1. The summed E-state index contributed by atoms with van der Waals surface area (Å²) in [4.78, 5) is 5.81. The molecule has 0 radical (unpaired) electrons. The second-order valence-corrected chi connectivity index (χ2v) is 6.35. The first-order valence-corrected chi connectivity index (χ1v) is 7.33. The summed E-state index contributed by atoms with van der Waals surface area (Å²) < 4.78 is 44.5. The molecular formula is C16H14ClF3N2O. The first-order valence-electron chi connectivity index (χ1n) is 6.95. The number of nitrogens with zero attached hydrogens (tertiary/aromatic N) is 2. The molecule has 1 aliphatic heterocycles. The molecule has 0 atom stereocenters. The number of benzene rings is 1. The van der Waals surface area contributed by atoms with Crippen LogP contribution in [0.25, 0.3) is 0 Å². The maximum atomic E-state index is 12.9. The summed E-state index contributed by atoms with van der Waals surface area (Å²) in [6.45, 7) is 4.13. The average molecular weight is 343 g/mol. The molecule has 0 saturated heterocycles. The zero-order valence-electron chi connectivity index (χ0n) is 12.5. The minimum Gasteiger partial charge on any atom is -0.484 e. The Bertz CT molecular complexity index is 746. The van der Waals surface area contributed by atoms with Crippen LogP contribution in [0, 0.1) is 0 Å². The Morgan fingerprint density at radius 3 is 2.61 bits per heavy atom. The van der Waals surface area contributed by atoms with Crippen molar-refractivity contribution in [3.8, 4) is 5.75 Å². The molecule has 0 aliphatic carbocycles. The van der Waals surface area contributed by atoms with Crippen molar-refractivity contribution in [3.05, 3.63) is 47.2 Å². The molecule has 122 valence electrons. The predicted octanol–water partition coefficient (Wildman–Crippen LogP) is 5.06.